The van der Waals surface area contributed by atoms with Crippen LogP contribution in [0.2, 0.25) is 0 Å². The molecule has 116 valence electrons. The fourth-order valence-corrected chi connectivity index (χ4v) is 2.57. The van der Waals surface area contributed by atoms with Gasteiger partial charge in [-0.3, -0.25) is 9.59 Å². The lowest BCUT2D eigenvalue weighted by molar-refractivity contribution is -0.322. The lowest BCUT2D eigenvalue weighted by atomic mass is 9.67. The zero-order valence-electron chi connectivity index (χ0n) is 12.6. The molecule has 6 heteroatoms. The maximum absolute atomic E-state index is 12.1. The second-order valence-corrected chi connectivity index (χ2v) is 4.47. The second-order valence-electron chi connectivity index (χ2n) is 4.47. The van der Waals surface area contributed by atoms with Gasteiger partial charge >= 0.3 is 11.9 Å². The third-order valence-corrected chi connectivity index (χ3v) is 3.29. The van der Waals surface area contributed by atoms with Gasteiger partial charge in [0.05, 0.1) is 19.1 Å². The first-order valence-electron chi connectivity index (χ1n) is 7.17. The normalized spacial score (nSPS) is 23.8. The van der Waals surface area contributed by atoms with Gasteiger partial charge in [0, 0.05) is 19.6 Å². The summed E-state index contributed by atoms with van der Waals surface area (Å²) in [6.07, 6.45) is 0.316. The highest BCUT2D eigenvalue weighted by atomic mass is 16.7. The molecule has 0 radical (unpaired) electrons. The van der Waals surface area contributed by atoms with Gasteiger partial charge in [0.2, 0.25) is 0 Å². The molecule has 1 saturated carbocycles. The fraction of sp³-hybridized carbons (Fsp3) is 0.857. The first kappa shape index (κ1) is 16.9. The minimum Gasteiger partial charge on any atom is -0.466 e. The van der Waals surface area contributed by atoms with Gasteiger partial charge in [0.25, 0.3) is 0 Å². The van der Waals surface area contributed by atoms with E-state index >= 15 is 0 Å². The molecule has 0 heterocycles. The molecule has 0 bridgehead atoms. The average molecular weight is 288 g/mol. The summed E-state index contributed by atoms with van der Waals surface area (Å²) in [5.74, 6) is -3.26. The van der Waals surface area contributed by atoms with E-state index in [1.807, 2.05) is 13.8 Å². The lowest BCUT2D eigenvalue weighted by Gasteiger charge is -2.50. The molecule has 1 fully saturated rings. The standard InChI is InChI=1S/C14H24O6/c1-5-17-12(15)10-9-14(19-7-3,20-8-4)11(10)13(16)18-6-2/h10-11H,5-9H2,1-4H3/t10-,11-/m0/s1. The van der Waals surface area contributed by atoms with E-state index in [-0.39, 0.29) is 13.2 Å². The molecule has 0 N–H and O–H groups in total. The molecule has 1 rings (SSSR count). The van der Waals surface area contributed by atoms with Crippen LogP contribution in [0.1, 0.15) is 34.1 Å². The molecule has 0 aromatic heterocycles. The van der Waals surface area contributed by atoms with Gasteiger partial charge in [-0.15, -0.1) is 0 Å². The van der Waals surface area contributed by atoms with Gasteiger partial charge in [-0.2, -0.15) is 0 Å². The number of hydrogen-bond donors (Lipinski definition) is 0. The lowest BCUT2D eigenvalue weighted by Crippen LogP contribution is -2.63. The Hall–Kier alpha value is -1.14. The monoisotopic (exact) mass is 288 g/mol. The summed E-state index contributed by atoms with van der Waals surface area (Å²) >= 11 is 0. The Morgan fingerprint density at radius 1 is 0.900 bits per heavy atom. The zero-order chi connectivity index (χ0) is 15.2. The molecule has 0 spiro atoms. The summed E-state index contributed by atoms with van der Waals surface area (Å²) in [5.41, 5.74) is 0. The number of carbonyl (C=O) groups is 2. The van der Waals surface area contributed by atoms with Gasteiger partial charge < -0.3 is 18.9 Å². The topological polar surface area (TPSA) is 71.1 Å². The van der Waals surface area contributed by atoms with Crippen molar-refractivity contribution >= 4 is 11.9 Å². The van der Waals surface area contributed by atoms with Crippen molar-refractivity contribution in [3.63, 3.8) is 0 Å². The predicted molar refractivity (Wildman–Crippen MR) is 70.8 cm³/mol. The molecule has 0 aromatic carbocycles. The molecule has 1 aliphatic rings. The van der Waals surface area contributed by atoms with Crippen molar-refractivity contribution in [1.29, 1.82) is 0 Å². The van der Waals surface area contributed by atoms with E-state index in [2.05, 4.69) is 0 Å². The highest BCUT2D eigenvalue weighted by Gasteiger charge is 2.63. The van der Waals surface area contributed by atoms with Crippen molar-refractivity contribution in [3.8, 4) is 0 Å². The van der Waals surface area contributed by atoms with Crippen LogP contribution in [0.15, 0.2) is 0 Å². The summed E-state index contributed by atoms with van der Waals surface area (Å²) in [7, 11) is 0. The molecular weight excluding hydrogens is 264 g/mol. The van der Waals surface area contributed by atoms with E-state index in [0.717, 1.165) is 0 Å². The zero-order valence-corrected chi connectivity index (χ0v) is 12.6. The third kappa shape index (κ3) is 3.30. The van der Waals surface area contributed by atoms with E-state index in [0.29, 0.717) is 19.6 Å². The number of esters is 2. The molecule has 0 aromatic rings. The molecule has 0 aliphatic heterocycles. The van der Waals surface area contributed by atoms with Crippen molar-refractivity contribution in [2.75, 3.05) is 26.4 Å². The van der Waals surface area contributed by atoms with Gasteiger partial charge in [-0.05, 0) is 27.7 Å². The summed E-state index contributed by atoms with van der Waals surface area (Å²) in [5, 5.41) is 0. The van der Waals surface area contributed by atoms with Gasteiger partial charge in [0.1, 0.15) is 5.92 Å². The number of rotatable bonds is 8. The fourth-order valence-electron chi connectivity index (χ4n) is 2.57. The van der Waals surface area contributed by atoms with E-state index in [4.69, 9.17) is 18.9 Å². The van der Waals surface area contributed by atoms with Crippen molar-refractivity contribution in [2.24, 2.45) is 11.8 Å². The van der Waals surface area contributed by atoms with E-state index in [1.165, 1.54) is 0 Å². The highest BCUT2D eigenvalue weighted by Crippen LogP contribution is 2.49. The Morgan fingerprint density at radius 2 is 1.40 bits per heavy atom. The summed E-state index contributed by atoms with van der Waals surface area (Å²) < 4.78 is 21.3. The van der Waals surface area contributed by atoms with E-state index < -0.39 is 29.6 Å². The van der Waals surface area contributed by atoms with Crippen molar-refractivity contribution in [3.05, 3.63) is 0 Å². The van der Waals surface area contributed by atoms with E-state index in [9.17, 15) is 9.59 Å². The maximum atomic E-state index is 12.1. The Labute approximate surface area is 119 Å². The third-order valence-electron chi connectivity index (χ3n) is 3.29. The van der Waals surface area contributed by atoms with Gasteiger partial charge in [-0.1, -0.05) is 0 Å². The minimum atomic E-state index is -1.06. The smallest absolute Gasteiger partial charge is 0.315 e. The Kier molecular flexibility index (Phi) is 6.42. The number of ether oxygens (including phenoxy) is 4. The van der Waals surface area contributed by atoms with Crippen molar-refractivity contribution in [2.45, 2.75) is 39.9 Å². The summed E-state index contributed by atoms with van der Waals surface area (Å²) in [4.78, 5) is 24.0. The van der Waals surface area contributed by atoms with E-state index in [1.54, 1.807) is 13.8 Å². The van der Waals surface area contributed by atoms with Crippen LogP contribution in [0.3, 0.4) is 0 Å². The Balaban J connectivity index is 2.91. The quantitative estimate of drug-likeness (QED) is 0.498. The first-order valence-corrected chi connectivity index (χ1v) is 7.17. The largest absolute Gasteiger partial charge is 0.466 e. The van der Waals surface area contributed by atoms with Crippen LogP contribution in [0.5, 0.6) is 0 Å². The van der Waals surface area contributed by atoms with Gasteiger partial charge in [0.15, 0.2) is 5.79 Å². The maximum Gasteiger partial charge on any atom is 0.315 e. The average Bonchev–Trinajstić information content (AvgIpc) is 2.36. The van der Waals surface area contributed by atoms with Crippen LogP contribution in [0, 0.1) is 11.8 Å². The van der Waals surface area contributed by atoms with Gasteiger partial charge in [-0.25, -0.2) is 0 Å². The molecule has 20 heavy (non-hydrogen) atoms. The van der Waals surface area contributed by atoms with Crippen molar-refractivity contribution < 1.29 is 28.5 Å². The highest BCUT2D eigenvalue weighted by molar-refractivity contribution is 5.85. The summed E-state index contributed by atoms with van der Waals surface area (Å²) in [6, 6.07) is 0. The predicted octanol–water partition coefficient (Wildman–Crippen LogP) is 1.52. The van der Waals surface area contributed by atoms with Crippen molar-refractivity contribution in [1.82, 2.24) is 0 Å². The molecule has 2 atom stereocenters. The Morgan fingerprint density at radius 3 is 1.85 bits per heavy atom. The first-order chi connectivity index (χ1) is 9.56. The Bertz CT molecular complexity index is 335. The van der Waals surface area contributed by atoms with Crippen LogP contribution in [-0.2, 0) is 28.5 Å². The molecule has 0 unspecified atom stereocenters. The molecule has 6 nitrogen and oxygen atoms in total. The molecule has 1 aliphatic carbocycles. The van der Waals surface area contributed by atoms with Crippen LogP contribution >= 0.6 is 0 Å². The molecule has 0 saturated heterocycles. The van der Waals surface area contributed by atoms with Crippen LogP contribution in [0.4, 0.5) is 0 Å². The molecular formula is C14H24O6. The summed E-state index contributed by atoms with van der Waals surface area (Å²) in [6.45, 7) is 8.41. The second kappa shape index (κ2) is 7.59. The van der Waals surface area contributed by atoms with Crippen LogP contribution < -0.4 is 0 Å². The van der Waals surface area contributed by atoms with Crippen LogP contribution in [0.25, 0.3) is 0 Å². The molecule has 0 amide bonds. The number of hydrogen-bond acceptors (Lipinski definition) is 6. The minimum absolute atomic E-state index is 0.249. The van der Waals surface area contributed by atoms with Crippen LogP contribution in [-0.4, -0.2) is 44.2 Å². The SMILES string of the molecule is CCOC(=O)[C@H]1CC(OCC)(OCC)[C@@H]1C(=O)OCC. The number of carbonyl (C=O) groups excluding carboxylic acids is 2.